The van der Waals surface area contributed by atoms with E-state index in [9.17, 15) is 23.1 Å². The molecule has 8 nitrogen and oxygen atoms in total. The molecule has 2 N–H and O–H groups in total. The third-order valence-corrected chi connectivity index (χ3v) is 7.85. The van der Waals surface area contributed by atoms with Crippen molar-refractivity contribution in [3.8, 4) is 5.75 Å². The smallest absolute Gasteiger partial charge is 0.342 e. The van der Waals surface area contributed by atoms with Gasteiger partial charge in [0.1, 0.15) is 15.5 Å². The first kappa shape index (κ1) is 22.1. The Bertz CT molecular complexity index is 998. The van der Waals surface area contributed by atoms with Gasteiger partial charge >= 0.3 is 5.97 Å². The number of nitrogens with one attached hydrogen (secondary N) is 1. The SMILES string of the molecule is CN(C(=O)COC(=O)c1ccc(NS(=O)(=O)c2cccs2)cc1O)C1CCCCC1. The molecule has 3 rings (SSSR count). The lowest BCUT2D eigenvalue weighted by Crippen LogP contribution is -2.40. The third-order valence-electron chi connectivity index (χ3n) is 5.07. The van der Waals surface area contributed by atoms with Gasteiger partial charge in [0.2, 0.25) is 0 Å². The van der Waals surface area contributed by atoms with Crippen LogP contribution in [-0.2, 0) is 19.6 Å². The van der Waals surface area contributed by atoms with Gasteiger partial charge in [-0.3, -0.25) is 9.52 Å². The van der Waals surface area contributed by atoms with Gasteiger partial charge in [-0.05, 0) is 36.4 Å². The first-order valence-corrected chi connectivity index (χ1v) is 12.0. The largest absolute Gasteiger partial charge is 0.507 e. The fraction of sp³-hybridized carbons (Fsp3) is 0.400. The molecule has 1 aromatic heterocycles. The second-order valence-electron chi connectivity index (χ2n) is 7.14. The lowest BCUT2D eigenvalue weighted by Gasteiger charge is -2.31. The van der Waals surface area contributed by atoms with Crippen LogP contribution in [0.5, 0.6) is 5.75 Å². The number of sulfonamides is 1. The summed E-state index contributed by atoms with van der Waals surface area (Å²) >= 11 is 1.06. The van der Waals surface area contributed by atoms with Crippen LogP contribution >= 0.6 is 11.3 Å². The highest BCUT2D eigenvalue weighted by Crippen LogP contribution is 2.26. The predicted octanol–water partition coefficient (Wildman–Crippen LogP) is 3.20. The number of thiophene rings is 1. The summed E-state index contributed by atoms with van der Waals surface area (Å²) in [5.41, 5.74) is -0.0484. The van der Waals surface area contributed by atoms with E-state index >= 15 is 0 Å². The summed E-state index contributed by atoms with van der Waals surface area (Å²) in [6.45, 7) is -0.419. The first-order valence-electron chi connectivity index (χ1n) is 9.60. The quantitative estimate of drug-likeness (QED) is 0.624. The molecule has 1 amide bonds. The van der Waals surface area contributed by atoms with E-state index in [-0.39, 0.29) is 27.4 Å². The zero-order chi connectivity index (χ0) is 21.7. The number of carbonyl (C=O) groups excluding carboxylic acids is 2. The van der Waals surface area contributed by atoms with Gasteiger partial charge in [0.25, 0.3) is 15.9 Å². The van der Waals surface area contributed by atoms with Crippen LogP contribution in [0.2, 0.25) is 0 Å². The fourth-order valence-corrected chi connectivity index (χ4v) is 5.41. The van der Waals surface area contributed by atoms with E-state index in [2.05, 4.69) is 4.72 Å². The standard InChI is InChI=1S/C20H24N2O6S2/c1-22(15-6-3-2-4-7-15)18(24)13-28-20(25)16-10-9-14(12-17(16)23)21-30(26,27)19-8-5-11-29-19/h5,8-12,15,21,23H,2-4,6-7,13H2,1H3. The molecule has 0 saturated heterocycles. The molecule has 0 bridgehead atoms. The molecule has 0 unspecified atom stereocenters. The van der Waals surface area contributed by atoms with Crippen molar-refractivity contribution in [2.24, 2.45) is 0 Å². The normalized spacial score (nSPS) is 14.8. The number of phenolic OH excluding ortho intramolecular Hbond substituents is 1. The summed E-state index contributed by atoms with van der Waals surface area (Å²) in [4.78, 5) is 26.2. The van der Waals surface area contributed by atoms with Crippen molar-refractivity contribution >= 4 is 38.9 Å². The van der Waals surface area contributed by atoms with Crippen LogP contribution in [0.4, 0.5) is 5.69 Å². The maximum Gasteiger partial charge on any atom is 0.342 e. The molecule has 1 heterocycles. The number of anilines is 1. The Morgan fingerprint density at radius 3 is 2.60 bits per heavy atom. The van der Waals surface area contributed by atoms with Crippen LogP contribution in [0, 0.1) is 0 Å². The lowest BCUT2D eigenvalue weighted by molar-refractivity contribution is -0.135. The predicted molar refractivity (Wildman–Crippen MR) is 113 cm³/mol. The van der Waals surface area contributed by atoms with Crippen LogP contribution in [0.25, 0.3) is 0 Å². The molecule has 162 valence electrons. The molecule has 1 aromatic carbocycles. The summed E-state index contributed by atoms with van der Waals surface area (Å²) in [7, 11) is -2.06. The van der Waals surface area contributed by atoms with Gasteiger partial charge in [-0.25, -0.2) is 13.2 Å². The zero-order valence-corrected chi connectivity index (χ0v) is 18.2. The zero-order valence-electron chi connectivity index (χ0n) is 16.5. The number of benzene rings is 1. The summed E-state index contributed by atoms with van der Waals surface area (Å²) in [5, 5.41) is 11.8. The summed E-state index contributed by atoms with van der Waals surface area (Å²) < 4.78 is 32.0. The highest BCUT2D eigenvalue weighted by Gasteiger charge is 2.24. The molecule has 1 aliphatic carbocycles. The van der Waals surface area contributed by atoms with Gasteiger partial charge in [-0.2, -0.15) is 0 Å². The van der Waals surface area contributed by atoms with Gasteiger partial charge in [-0.15, -0.1) is 11.3 Å². The number of carbonyl (C=O) groups is 2. The van der Waals surface area contributed by atoms with Crippen molar-refractivity contribution in [1.29, 1.82) is 0 Å². The number of aromatic hydroxyl groups is 1. The van der Waals surface area contributed by atoms with Crippen LogP contribution in [-0.4, -0.2) is 50.0 Å². The summed E-state index contributed by atoms with van der Waals surface area (Å²) in [5.74, 6) is -1.60. The van der Waals surface area contributed by atoms with E-state index in [0.717, 1.165) is 43.1 Å². The van der Waals surface area contributed by atoms with E-state index in [1.165, 1.54) is 24.6 Å². The number of ether oxygens (including phenoxy) is 1. The second kappa shape index (κ2) is 9.48. The third kappa shape index (κ3) is 5.31. The maximum absolute atomic E-state index is 12.3. The molecule has 0 radical (unpaired) electrons. The number of esters is 1. The molecule has 1 aliphatic rings. The lowest BCUT2D eigenvalue weighted by atomic mass is 9.94. The number of hydrogen-bond donors (Lipinski definition) is 2. The van der Waals surface area contributed by atoms with Crippen molar-refractivity contribution in [3.05, 3.63) is 41.3 Å². The van der Waals surface area contributed by atoms with Crippen molar-refractivity contribution in [1.82, 2.24) is 4.90 Å². The van der Waals surface area contributed by atoms with Crippen LogP contribution < -0.4 is 4.72 Å². The monoisotopic (exact) mass is 452 g/mol. The van der Waals surface area contributed by atoms with Gasteiger partial charge in [0.05, 0.1) is 5.69 Å². The highest BCUT2D eigenvalue weighted by atomic mass is 32.2. The maximum atomic E-state index is 12.3. The second-order valence-corrected chi connectivity index (χ2v) is 10.00. The minimum absolute atomic E-state index is 0.102. The van der Waals surface area contributed by atoms with Gasteiger partial charge in [0, 0.05) is 19.2 Å². The Kier molecular flexibility index (Phi) is 6.99. The van der Waals surface area contributed by atoms with Crippen molar-refractivity contribution in [2.45, 2.75) is 42.4 Å². The van der Waals surface area contributed by atoms with E-state index < -0.39 is 28.3 Å². The van der Waals surface area contributed by atoms with E-state index in [0.29, 0.717) is 0 Å². The first-order chi connectivity index (χ1) is 14.3. The fourth-order valence-electron chi connectivity index (χ4n) is 3.37. The highest BCUT2D eigenvalue weighted by molar-refractivity contribution is 7.94. The Morgan fingerprint density at radius 2 is 1.97 bits per heavy atom. The van der Waals surface area contributed by atoms with Crippen LogP contribution in [0.1, 0.15) is 42.5 Å². The Labute approximate surface area is 179 Å². The molecule has 10 heteroatoms. The average molecular weight is 453 g/mol. The van der Waals surface area contributed by atoms with Crippen LogP contribution in [0.15, 0.2) is 39.9 Å². The molecule has 0 atom stereocenters. The Balaban J connectivity index is 1.59. The topological polar surface area (TPSA) is 113 Å². The Morgan fingerprint density at radius 1 is 1.23 bits per heavy atom. The van der Waals surface area contributed by atoms with Crippen molar-refractivity contribution < 1.29 is 27.9 Å². The number of phenols is 1. The number of hydrogen-bond acceptors (Lipinski definition) is 7. The molecular weight excluding hydrogens is 428 g/mol. The number of amides is 1. The number of nitrogens with zero attached hydrogens (tertiary/aromatic N) is 1. The molecular formula is C20H24N2O6S2. The molecule has 1 saturated carbocycles. The van der Waals surface area contributed by atoms with Crippen LogP contribution in [0.3, 0.4) is 0 Å². The van der Waals surface area contributed by atoms with Gasteiger partial charge in [0.15, 0.2) is 6.61 Å². The van der Waals surface area contributed by atoms with E-state index in [1.807, 2.05) is 0 Å². The molecule has 0 spiro atoms. The average Bonchev–Trinajstić information content (AvgIpc) is 3.28. The van der Waals surface area contributed by atoms with Gasteiger partial charge < -0.3 is 14.7 Å². The summed E-state index contributed by atoms with van der Waals surface area (Å²) in [6, 6.07) is 6.95. The van der Waals surface area contributed by atoms with Crippen molar-refractivity contribution in [2.75, 3.05) is 18.4 Å². The van der Waals surface area contributed by atoms with E-state index in [4.69, 9.17) is 4.74 Å². The summed E-state index contributed by atoms with van der Waals surface area (Å²) in [6.07, 6.45) is 5.23. The van der Waals surface area contributed by atoms with Gasteiger partial charge in [-0.1, -0.05) is 25.3 Å². The van der Waals surface area contributed by atoms with Crippen molar-refractivity contribution in [3.63, 3.8) is 0 Å². The number of rotatable bonds is 7. The number of likely N-dealkylation sites (N-methyl/N-ethyl adjacent to an activating group) is 1. The Hall–Kier alpha value is -2.59. The molecule has 2 aromatic rings. The molecule has 30 heavy (non-hydrogen) atoms. The molecule has 0 aliphatic heterocycles. The minimum atomic E-state index is -3.77. The van der Waals surface area contributed by atoms with E-state index in [1.54, 1.807) is 23.4 Å². The minimum Gasteiger partial charge on any atom is -0.507 e. The molecule has 1 fully saturated rings.